The molecule has 0 saturated carbocycles. The summed E-state index contributed by atoms with van der Waals surface area (Å²) in [6.45, 7) is 8.95. The Labute approximate surface area is 158 Å². The van der Waals surface area contributed by atoms with E-state index < -0.39 is 0 Å². The fourth-order valence-corrected chi connectivity index (χ4v) is 6.00. The zero-order valence-corrected chi connectivity index (χ0v) is 19.7. The van der Waals surface area contributed by atoms with Crippen LogP contribution in [0.3, 0.4) is 0 Å². The fraction of sp³-hybridized carbons (Fsp3) is 1.00. The van der Waals surface area contributed by atoms with E-state index in [1.54, 1.807) is 8.87 Å². The van der Waals surface area contributed by atoms with Crippen molar-refractivity contribution in [2.24, 2.45) is 0 Å². The molecular formula is C18H40S2Sn. The molecule has 128 valence electrons. The first-order valence-electron chi connectivity index (χ1n) is 9.11. The molecule has 0 bridgehead atoms. The summed E-state index contributed by atoms with van der Waals surface area (Å²) in [7, 11) is 0. The second-order valence-electron chi connectivity index (χ2n) is 5.28. The third-order valence-electron chi connectivity index (χ3n) is 2.91. The second-order valence-corrected chi connectivity index (χ2v) is 10.4. The summed E-state index contributed by atoms with van der Waals surface area (Å²) < 4.78 is 3.25. The summed E-state index contributed by atoms with van der Waals surface area (Å²) in [6.07, 6.45) is 13.5. The van der Waals surface area contributed by atoms with Crippen molar-refractivity contribution in [2.45, 2.75) is 101 Å². The van der Waals surface area contributed by atoms with Gasteiger partial charge in [-0.1, -0.05) is 52.4 Å². The van der Waals surface area contributed by atoms with Crippen LogP contribution in [0.5, 0.6) is 0 Å². The Bertz CT molecular complexity index is 110. The first-order valence-corrected chi connectivity index (χ1v) is 14.3. The topological polar surface area (TPSA) is 0 Å². The van der Waals surface area contributed by atoms with E-state index in [-0.39, 0.29) is 21.1 Å². The van der Waals surface area contributed by atoms with E-state index in [1.807, 2.05) is 0 Å². The Balaban J connectivity index is -0.000000240. The van der Waals surface area contributed by atoms with E-state index in [2.05, 4.69) is 27.7 Å². The van der Waals surface area contributed by atoms with Crippen LogP contribution in [0.4, 0.5) is 0 Å². The molecular weight excluding hydrogens is 399 g/mol. The van der Waals surface area contributed by atoms with Crippen molar-refractivity contribution in [3.8, 4) is 0 Å². The van der Waals surface area contributed by atoms with Crippen molar-refractivity contribution in [3.05, 3.63) is 0 Å². The van der Waals surface area contributed by atoms with Crippen molar-refractivity contribution in [1.82, 2.24) is 0 Å². The Kier molecular flexibility index (Phi) is 43.2. The van der Waals surface area contributed by atoms with Gasteiger partial charge in [-0.25, -0.2) is 0 Å². The zero-order valence-electron chi connectivity index (χ0n) is 15.2. The van der Waals surface area contributed by atoms with E-state index in [4.69, 9.17) is 25.3 Å². The van der Waals surface area contributed by atoms with E-state index in [9.17, 15) is 0 Å². The molecule has 0 aliphatic rings. The predicted octanol–water partition coefficient (Wildman–Crippen LogP) is 6.57. The average Bonchev–Trinajstić information content (AvgIpc) is 2.52. The van der Waals surface area contributed by atoms with Gasteiger partial charge in [-0.15, -0.1) is 0 Å². The van der Waals surface area contributed by atoms with Gasteiger partial charge in [0.2, 0.25) is 0 Å². The van der Waals surface area contributed by atoms with E-state index in [0.717, 1.165) is 11.5 Å². The first kappa shape index (κ1) is 27.4. The summed E-state index contributed by atoms with van der Waals surface area (Å²) in [6, 6.07) is 0. The number of hydrogen-bond donors (Lipinski definition) is 0. The Morgan fingerprint density at radius 2 is 0.857 bits per heavy atom. The van der Waals surface area contributed by atoms with Gasteiger partial charge in [0.15, 0.2) is 0 Å². The normalized spacial score (nSPS) is 9.05. The molecule has 0 amide bonds. The van der Waals surface area contributed by atoms with E-state index in [1.165, 1.54) is 64.2 Å². The van der Waals surface area contributed by atoms with E-state index >= 15 is 0 Å². The van der Waals surface area contributed by atoms with Crippen molar-refractivity contribution in [2.75, 3.05) is 11.5 Å². The third-order valence-corrected chi connectivity index (χ3v) is 7.52. The van der Waals surface area contributed by atoms with Crippen LogP contribution in [0, 0.1) is 0 Å². The number of hydrogen-bond acceptors (Lipinski definition) is 2. The van der Waals surface area contributed by atoms with Gasteiger partial charge >= 0.3 is 69.5 Å². The molecule has 0 aromatic carbocycles. The molecule has 0 fully saturated rings. The van der Waals surface area contributed by atoms with Crippen LogP contribution in [0.25, 0.3) is 0 Å². The Morgan fingerprint density at radius 1 is 0.524 bits per heavy atom. The summed E-state index contributed by atoms with van der Waals surface area (Å²) in [4.78, 5) is 0. The van der Waals surface area contributed by atoms with Gasteiger partial charge < -0.3 is 25.3 Å². The quantitative estimate of drug-likeness (QED) is 0.192. The van der Waals surface area contributed by atoms with Crippen LogP contribution in [0.2, 0.25) is 8.87 Å². The molecule has 0 spiro atoms. The summed E-state index contributed by atoms with van der Waals surface area (Å²) >= 11 is 9.58. The number of rotatable bonds is 12. The van der Waals surface area contributed by atoms with Crippen LogP contribution < -0.4 is 0 Å². The van der Waals surface area contributed by atoms with Crippen LogP contribution in [-0.2, 0) is 25.3 Å². The molecule has 0 saturated heterocycles. The molecule has 3 heteroatoms. The summed E-state index contributed by atoms with van der Waals surface area (Å²) in [5, 5.41) is 0. The molecule has 0 aliphatic carbocycles. The molecule has 0 radical (unpaired) electrons. The van der Waals surface area contributed by atoms with Crippen LogP contribution in [0.15, 0.2) is 0 Å². The fourth-order valence-electron chi connectivity index (χ4n) is 1.43. The van der Waals surface area contributed by atoms with Crippen molar-refractivity contribution >= 4 is 46.4 Å². The summed E-state index contributed by atoms with van der Waals surface area (Å²) in [5.74, 6) is 1.88. The standard InChI is InChI=1S/2C5H12S.2C4H9.Sn/c2*1-2-3-4-5-6;2*1-3-4-2;/h2*6H,2-5H2,1H3;2*1,3-4H2,2H3;/q;;;;+2/p-2. The molecule has 0 aromatic rings. The number of unbranched alkanes of at least 4 members (excludes halogenated alkanes) is 6. The summed E-state index contributed by atoms with van der Waals surface area (Å²) in [5.41, 5.74) is 0. The van der Waals surface area contributed by atoms with Crippen molar-refractivity contribution < 1.29 is 0 Å². The molecule has 0 aromatic heterocycles. The third kappa shape index (κ3) is 44.9. The molecule has 0 atom stereocenters. The minimum atomic E-state index is 0.149. The van der Waals surface area contributed by atoms with Gasteiger partial charge in [0.25, 0.3) is 0 Å². The molecule has 0 aliphatic heterocycles. The van der Waals surface area contributed by atoms with E-state index in [0.29, 0.717) is 0 Å². The Hall–Kier alpha value is 1.50. The monoisotopic (exact) mass is 440 g/mol. The molecule has 0 heterocycles. The van der Waals surface area contributed by atoms with Gasteiger partial charge in [0, 0.05) is 0 Å². The SMILES string of the molecule is CCCCC[S-].CCCCC[S-].CCC[CH2][Sn+2][CH2]CCC. The van der Waals surface area contributed by atoms with Gasteiger partial charge in [0.05, 0.1) is 0 Å². The zero-order chi connectivity index (χ0) is 16.6. The van der Waals surface area contributed by atoms with Gasteiger partial charge in [-0.2, -0.15) is 11.5 Å². The molecule has 0 unspecified atom stereocenters. The van der Waals surface area contributed by atoms with Gasteiger partial charge in [0.1, 0.15) is 0 Å². The first-order chi connectivity index (χ1) is 10.2. The van der Waals surface area contributed by atoms with Crippen LogP contribution in [0.1, 0.15) is 91.9 Å². The molecule has 0 rings (SSSR count). The predicted molar refractivity (Wildman–Crippen MR) is 109 cm³/mol. The molecule has 0 nitrogen and oxygen atoms in total. The maximum atomic E-state index is 4.72. The molecule has 0 N–H and O–H groups in total. The van der Waals surface area contributed by atoms with Crippen LogP contribution in [-0.4, -0.2) is 32.6 Å². The van der Waals surface area contributed by atoms with Gasteiger partial charge in [-0.3, -0.25) is 0 Å². The molecule has 21 heavy (non-hydrogen) atoms. The van der Waals surface area contributed by atoms with Crippen molar-refractivity contribution in [3.63, 3.8) is 0 Å². The Morgan fingerprint density at radius 3 is 1.05 bits per heavy atom. The maximum absolute atomic E-state index is 4.72. The van der Waals surface area contributed by atoms with Crippen molar-refractivity contribution in [1.29, 1.82) is 0 Å². The minimum absolute atomic E-state index is 0.149. The van der Waals surface area contributed by atoms with Gasteiger partial charge in [-0.05, 0) is 0 Å². The second kappa shape index (κ2) is 33.2. The average molecular weight is 439 g/mol. The van der Waals surface area contributed by atoms with Crippen LogP contribution >= 0.6 is 0 Å².